The van der Waals surface area contributed by atoms with E-state index in [1.165, 1.54) is 67.6 Å². The molecular weight excluding hydrogens is 759 g/mol. The van der Waals surface area contributed by atoms with Crippen LogP contribution in [-0.4, -0.2) is 65.0 Å². The smallest absolute Gasteiger partial charge is 0.210 e. The molecular formula is C53H73N3O5+2. The van der Waals surface area contributed by atoms with Crippen LogP contribution in [-0.2, 0) is 32.1 Å². The van der Waals surface area contributed by atoms with E-state index in [4.69, 9.17) is 23.7 Å². The molecule has 2 aromatic carbocycles. The van der Waals surface area contributed by atoms with Crippen LogP contribution in [0.3, 0.4) is 0 Å². The molecule has 6 rings (SSSR count). The number of aromatic nitrogens is 1. The molecule has 61 heavy (non-hydrogen) atoms. The number of hydrogen-bond donors (Lipinski definition) is 0. The standard InChI is InChI=1S/C53H73N3O5/c1-35-32-36(2)54(11)37(3)48(35)50(51(4,5)6)61-49-38(20-26-46-52(7,8)42-33-40(59-14)22-24-44(42)55(46)28-16-30-57-12)18-19-39(49)21-27-47-53(9,10)43-34-41(60-15)23-25-45(43)56(47)29-17-31-58-13/h20-27,32-34,50H,16-19,28-31H2,1-15H3/q+2. The number of aryl methyl sites for hydroxylation is 2. The van der Waals surface area contributed by atoms with Crippen LogP contribution in [0.5, 0.6) is 11.5 Å². The van der Waals surface area contributed by atoms with Crippen molar-refractivity contribution in [3.63, 3.8) is 0 Å². The quantitative estimate of drug-likeness (QED) is 0.106. The zero-order valence-corrected chi connectivity index (χ0v) is 40.0. The summed E-state index contributed by atoms with van der Waals surface area (Å²) in [5, 5.41) is 0. The Balaban J connectivity index is 1.52. The number of methoxy groups -OCH3 is 4. The lowest BCUT2D eigenvalue weighted by atomic mass is 9.81. The van der Waals surface area contributed by atoms with Crippen LogP contribution in [0.4, 0.5) is 11.4 Å². The third-order valence-electron chi connectivity index (χ3n) is 13.3. The molecule has 1 unspecified atom stereocenters. The molecule has 0 bridgehead atoms. The lowest BCUT2D eigenvalue weighted by molar-refractivity contribution is -0.684. The van der Waals surface area contributed by atoms with E-state index < -0.39 is 0 Å². The van der Waals surface area contributed by atoms with Crippen LogP contribution in [0.15, 0.2) is 89.4 Å². The van der Waals surface area contributed by atoms with Gasteiger partial charge in [-0.3, -0.25) is 0 Å². The van der Waals surface area contributed by atoms with Gasteiger partial charge in [-0.15, -0.1) is 0 Å². The largest absolute Gasteiger partial charge is 0.497 e. The summed E-state index contributed by atoms with van der Waals surface area (Å²) in [7, 11) is 9.20. The summed E-state index contributed by atoms with van der Waals surface area (Å²) < 4.78 is 34.8. The number of nitrogens with zero attached hydrogens (tertiary/aromatic N) is 3. The predicted octanol–water partition coefficient (Wildman–Crippen LogP) is 10.9. The molecule has 3 heterocycles. The molecule has 328 valence electrons. The van der Waals surface area contributed by atoms with E-state index in [1.807, 2.05) is 0 Å². The van der Waals surface area contributed by atoms with Gasteiger partial charge in [-0.1, -0.05) is 40.7 Å². The highest BCUT2D eigenvalue weighted by Gasteiger charge is 2.45. The van der Waals surface area contributed by atoms with Crippen molar-refractivity contribution >= 4 is 17.1 Å². The first-order valence-corrected chi connectivity index (χ1v) is 22.1. The number of anilines is 1. The molecule has 8 heteroatoms. The van der Waals surface area contributed by atoms with Gasteiger partial charge >= 0.3 is 0 Å². The first-order chi connectivity index (χ1) is 28.9. The van der Waals surface area contributed by atoms with E-state index in [1.54, 1.807) is 28.4 Å². The Kier molecular flexibility index (Phi) is 13.8. The predicted molar refractivity (Wildman–Crippen MR) is 249 cm³/mol. The van der Waals surface area contributed by atoms with Crippen LogP contribution in [0.1, 0.15) is 114 Å². The Morgan fingerprint density at radius 1 is 0.787 bits per heavy atom. The molecule has 3 aromatic rings. The summed E-state index contributed by atoms with van der Waals surface area (Å²) in [5.74, 6) is 2.73. The van der Waals surface area contributed by atoms with Crippen LogP contribution in [0.2, 0.25) is 0 Å². The average molecular weight is 832 g/mol. The fourth-order valence-electron chi connectivity index (χ4n) is 9.71. The van der Waals surface area contributed by atoms with E-state index >= 15 is 0 Å². The third-order valence-corrected chi connectivity index (χ3v) is 13.3. The lowest BCUT2D eigenvalue weighted by Crippen LogP contribution is -2.39. The zero-order chi connectivity index (χ0) is 44.4. The molecule has 2 aliphatic heterocycles. The Hall–Kier alpha value is -4.66. The van der Waals surface area contributed by atoms with Crippen LogP contribution in [0.25, 0.3) is 0 Å². The third kappa shape index (κ3) is 8.99. The number of pyridine rings is 1. The normalized spacial score (nSPS) is 18.8. The molecule has 0 amide bonds. The van der Waals surface area contributed by atoms with Gasteiger partial charge < -0.3 is 28.6 Å². The van der Waals surface area contributed by atoms with E-state index in [9.17, 15) is 0 Å². The second-order valence-corrected chi connectivity index (χ2v) is 19.2. The summed E-state index contributed by atoms with van der Waals surface area (Å²) in [6, 6.07) is 15.3. The monoisotopic (exact) mass is 832 g/mol. The van der Waals surface area contributed by atoms with Gasteiger partial charge in [0.25, 0.3) is 0 Å². The zero-order valence-electron chi connectivity index (χ0n) is 40.0. The summed E-state index contributed by atoms with van der Waals surface area (Å²) in [5.41, 5.74) is 14.2. The molecule has 0 saturated carbocycles. The topological polar surface area (TPSA) is 56.3 Å². The van der Waals surface area contributed by atoms with Gasteiger partial charge in [-0.05, 0) is 105 Å². The number of allylic oxidation sites excluding steroid dienone is 7. The van der Waals surface area contributed by atoms with Crippen molar-refractivity contribution in [2.75, 3.05) is 59.6 Å². The van der Waals surface area contributed by atoms with Gasteiger partial charge in [-0.2, -0.15) is 4.58 Å². The van der Waals surface area contributed by atoms with E-state index in [0.717, 1.165) is 56.0 Å². The fourth-order valence-corrected chi connectivity index (χ4v) is 9.71. The maximum atomic E-state index is 7.59. The van der Waals surface area contributed by atoms with Gasteiger partial charge in [0, 0.05) is 93.6 Å². The Morgan fingerprint density at radius 2 is 1.44 bits per heavy atom. The van der Waals surface area contributed by atoms with Crippen molar-refractivity contribution in [1.29, 1.82) is 0 Å². The SMILES string of the molecule is COCCCN1/C(=C/C=C2\CCC(/C=C/C3=[N+](CCCOC)c4ccc(OC)cc4C3(C)C)=C2OC(c2c(C)cc(C)[n+](C)c2C)C(C)(C)C)C(C)(C)c2cc(OC)ccc21. The van der Waals surface area contributed by atoms with Crippen LogP contribution < -0.4 is 18.9 Å². The molecule has 3 aliphatic rings. The highest BCUT2D eigenvalue weighted by molar-refractivity contribution is 6.03. The summed E-state index contributed by atoms with van der Waals surface area (Å²) >= 11 is 0. The second kappa shape index (κ2) is 18.4. The summed E-state index contributed by atoms with van der Waals surface area (Å²) in [6.07, 6.45) is 12.8. The van der Waals surface area contributed by atoms with Gasteiger partial charge in [0.1, 0.15) is 30.4 Å². The Bertz CT molecular complexity index is 2280. The first-order valence-electron chi connectivity index (χ1n) is 22.1. The number of ether oxygens (including phenoxy) is 5. The molecule has 1 aromatic heterocycles. The van der Waals surface area contributed by atoms with E-state index in [0.29, 0.717) is 13.2 Å². The summed E-state index contributed by atoms with van der Waals surface area (Å²) in [4.78, 5) is 2.48. The molecule has 0 radical (unpaired) electrons. The molecule has 1 aliphatic carbocycles. The van der Waals surface area contributed by atoms with E-state index in [2.05, 4.69) is 157 Å². The number of rotatable bonds is 16. The highest BCUT2D eigenvalue weighted by atomic mass is 16.5. The van der Waals surface area contributed by atoms with Crippen LogP contribution in [0, 0.1) is 26.2 Å². The minimum atomic E-state index is -0.243. The molecule has 1 atom stereocenters. The second-order valence-electron chi connectivity index (χ2n) is 19.2. The molecule has 0 N–H and O–H groups in total. The van der Waals surface area contributed by atoms with Crippen molar-refractivity contribution < 1.29 is 32.8 Å². The van der Waals surface area contributed by atoms with Gasteiger partial charge in [-0.25, -0.2) is 4.57 Å². The summed E-state index contributed by atoms with van der Waals surface area (Å²) in [6.45, 7) is 26.0. The average Bonchev–Trinajstić information content (AvgIpc) is 3.77. The molecule has 8 nitrogen and oxygen atoms in total. The maximum absolute atomic E-state index is 7.59. The lowest BCUT2D eigenvalue weighted by Gasteiger charge is -2.34. The minimum Gasteiger partial charge on any atom is -0.497 e. The Morgan fingerprint density at radius 3 is 2.10 bits per heavy atom. The molecule has 0 spiro atoms. The van der Waals surface area contributed by atoms with Gasteiger partial charge in [0.15, 0.2) is 23.6 Å². The number of hydrogen-bond acceptors (Lipinski definition) is 6. The first kappa shape index (κ1) is 45.9. The minimum absolute atomic E-state index is 0.185. The van der Waals surface area contributed by atoms with Crippen molar-refractivity contribution in [3.05, 3.63) is 123 Å². The number of fused-ring (bicyclic) bond motifs is 2. The maximum Gasteiger partial charge on any atom is 0.210 e. The molecule has 0 fully saturated rings. The van der Waals surface area contributed by atoms with E-state index in [-0.39, 0.29) is 22.3 Å². The Labute approximate surface area is 367 Å². The van der Waals surface area contributed by atoms with Crippen LogP contribution >= 0.6 is 0 Å². The van der Waals surface area contributed by atoms with Gasteiger partial charge in [0.2, 0.25) is 5.69 Å². The number of benzene rings is 2. The van der Waals surface area contributed by atoms with Crippen molar-refractivity contribution in [2.24, 2.45) is 12.5 Å². The van der Waals surface area contributed by atoms with Crippen molar-refractivity contribution in [2.45, 2.75) is 112 Å². The molecule has 0 saturated heterocycles. The van der Waals surface area contributed by atoms with Crippen molar-refractivity contribution in [1.82, 2.24) is 0 Å². The van der Waals surface area contributed by atoms with Crippen molar-refractivity contribution in [3.8, 4) is 11.5 Å². The highest BCUT2D eigenvalue weighted by Crippen LogP contribution is 2.50. The fraction of sp³-hybridized carbons (Fsp3) is 0.509. The van der Waals surface area contributed by atoms with Gasteiger partial charge in [0.05, 0.1) is 31.8 Å².